The van der Waals surface area contributed by atoms with Gasteiger partial charge in [0, 0.05) is 16.1 Å². The molecule has 4 rings (SSSR count). The first-order valence-electron chi connectivity index (χ1n) is 8.59. The number of benzene rings is 2. The van der Waals surface area contributed by atoms with E-state index < -0.39 is 0 Å². The highest BCUT2D eigenvalue weighted by Gasteiger charge is 2.35. The molecular formula is C21H20ClNOS. The monoisotopic (exact) mass is 369 g/mol. The van der Waals surface area contributed by atoms with Gasteiger partial charge in [0.25, 0.3) is 5.91 Å². The fraction of sp³-hybridized carbons (Fsp3) is 0.286. The van der Waals surface area contributed by atoms with Crippen LogP contribution in [0.25, 0.3) is 10.1 Å². The Labute approximate surface area is 157 Å². The average molecular weight is 370 g/mol. The van der Waals surface area contributed by atoms with E-state index in [0.29, 0.717) is 15.8 Å². The highest BCUT2D eigenvalue weighted by molar-refractivity contribution is 7.21. The molecule has 0 saturated heterocycles. The molecule has 2 heterocycles. The lowest BCUT2D eigenvalue weighted by atomic mass is 9.85. The molecule has 2 aromatic carbocycles. The molecule has 25 heavy (non-hydrogen) atoms. The minimum absolute atomic E-state index is 0.0150. The maximum Gasteiger partial charge on any atom is 0.270 e. The van der Waals surface area contributed by atoms with Crippen LogP contribution < -0.4 is 4.90 Å². The van der Waals surface area contributed by atoms with Gasteiger partial charge in [0.1, 0.15) is 4.88 Å². The van der Waals surface area contributed by atoms with Crippen molar-refractivity contribution in [1.29, 1.82) is 0 Å². The smallest absolute Gasteiger partial charge is 0.270 e. The third-order valence-electron chi connectivity index (χ3n) is 5.12. The van der Waals surface area contributed by atoms with Gasteiger partial charge in [0.2, 0.25) is 0 Å². The number of anilines is 1. The molecule has 1 aliphatic heterocycles. The Balaban J connectivity index is 1.87. The van der Waals surface area contributed by atoms with Crippen LogP contribution in [0, 0.1) is 6.92 Å². The first-order chi connectivity index (χ1) is 12.0. The van der Waals surface area contributed by atoms with E-state index in [9.17, 15) is 4.79 Å². The van der Waals surface area contributed by atoms with Crippen molar-refractivity contribution in [2.45, 2.75) is 39.2 Å². The minimum atomic E-state index is 0.0150. The zero-order valence-electron chi connectivity index (χ0n) is 14.5. The van der Waals surface area contributed by atoms with Gasteiger partial charge in [0.15, 0.2) is 0 Å². The maximum absolute atomic E-state index is 13.5. The van der Waals surface area contributed by atoms with Crippen LogP contribution >= 0.6 is 22.9 Å². The molecule has 2 atom stereocenters. The molecule has 0 spiro atoms. The van der Waals surface area contributed by atoms with Crippen LogP contribution in [0.3, 0.4) is 0 Å². The number of halogens is 1. The number of carbonyl (C=O) groups excluding carboxylic acids is 1. The standard InChI is InChI=1S/C21H20ClNOS/c1-12-7-6-9-15-13(2)11-14(3)23(19(12)15)21(24)20-18(22)16-8-4-5-10-17(16)25-20/h4-10,13-14H,11H2,1-3H3/t13-,14+/m1/s1. The van der Waals surface area contributed by atoms with E-state index in [1.165, 1.54) is 16.9 Å². The molecule has 0 aliphatic carbocycles. The Hall–Kier alpha value is -1.84. The minimum Gasteiger partial charge on any atom is -0.304 e. The fourth-order valence-corrected chi connectivity index (χ4v) is 5.38. The average Bonchev–Trinajstić information content (AvgIpc) is 2.93. The predicted molar refractivity (Wildman–Crippen MR) is 107 cm³/mol. The SMILES string of the molecule is Cc1cccc2c1N(C(=O)c1sc3ccccc3c1Cl)[C@@H](C)C[C@H]2C. The van der Waals surface area contributed by atoms with E-state index in [2.05, 4.69) is 39.0 Å². The summed E-state index contributed by atoms with van der Waals surface area (Å²) in [4.78, 5) is 16.1. The van der Waals surface area contributed by atoms with Crippen molar-refractivity contribution in [3.05, 3.63) is 63.5 Å². The molecule has 1 aliphatic rings. The Morgan fingerprint density at radius 2 is 1.92 bits per heavy atom. The van der Waals surface area contributed by atoms with Gasteiger partial charge in [-0.15, -0.1) is 11.3 Å². The molecule has 0 fully saturated rings. The van der Waals surface area contributed by atoms with Crippen molar-refractivity contribution in [2.24, 2.45) is 0 Å². The van der Waals surface area contributed by atoms with Crippen LogP contribution in [-0.4, -0.2) is 11.9 Å². The molecule has 0 saturated carbocycles. The van der Waals surface area contributed by atoms with E-state index >= 15 is 0 Å². The van der Waals surface area contributed by atoms with Crippen LogP contribution in [0.5, 0.6) is 0 Å². The van der Waals surface area contributed by atoms with Crippen LogP contribution in [0.1, 0.15) is 47.0 Å². The number of hydrogen-bond acceptors (Lipinski definition) is 2. The molecule has 3 aromatic rings. The maximum atomic E-state index is 13.5. The third-order valence-corrected chi connectivity index (χ3v) is 6.79. The predicted octanol–water partition coefficient (Wildman–Crippen LogP) is 6.41. The van der Waals surface area contributed by atoms with Crippen molar-refractivity contribution in [3.8, 4) is 0 Å². The summed E-state index contributed by atoms with van der Waals surface area (Å²) in [7, 11) is 0. The number of amides is 1. The lowest BCUT2D eigenvalue weighted by Gasteiger charge is -2.39. The number of thiophene rings is 1. The van der Waals surface area contributed by atoms with Crippen molar-refractivity contribution in [2.75, 3.05) is 4.90 Å². The lowest BCUT2D eigenvalue weighted by Crippen LogP contribution is -2.43. The van der Waals surface area contributed by atoms with Gasteiger partial charge in [-0.05, 0) is 43.4 Å². The second-order valence-corrected chi connectivity index (χ2v) is 8.35. The number of hydrogen-bond donors (Lipinski definition) is 0. The second-order valence-electron chi connectivity index (χ2n) is 6.91. The van der Waals surface area contributed by atoms with Crippen molar-refractivity contribution < 1.29 is 4.79 Å². The Morgan fingerprint density at radius 1 is 1.16 bits per heavy atom. The number of aryl methyl sites for hydroxylation is 1. The van der Waals surface area contributed by atoms with Gasteiger partial charge < -0.3 is 4.90 Å². The third kappa shape index (κ3) is 2.57. The summed E-state index contributed by atoms with van der Waals surface area (Å²) in [5.41, 5.74) is 3.46. The number of nitrogens with zero attached hydrogens (tertiary/aromatic N) is 1. The van der Waals surface area contributed by atoms with Gasteiger partial charge >= 0.3 is 0 Å². The van der Waals surface area contributed by atoms with E-state index in [0.717, 1.165) is 27.8 Å². The summed E-state index contributed by atoms with van der Waals surface area (Å²) < 4.78 is 1.05. The Bertz CT molecular complexity index is 977. The van der Waals surface area contributed by atoms with Gasteiger partial charge in [-0.1, -0.05) is 54.9 Å². The molecule has 2 nitrogen and oxygen atoms in total. The first-order valence-corrected chi connectivity index (χ1v) is 9.78. The molecular weight excluding hydrogens is 350 g/mol. The van der Waals surface area contributed by atoms with Crippen LogP contribution in [0.15, 0.2) is 42.5 Å². The Morgan fingerprint density at radius 3 is 2.68 bits per heavy atom. The summed E-state index contributed by atoms with van der Waals surface area (Å²) in [5, 5.41) is 1.53. The topological polar surface area (TPSA) is 20.3 Å². The largest absolute Gasteiger partial charge is 0.304 e. The highest BCUT2D eigenvalue weighted by Crippen LogP contribution is 2.43. The summed E-state index contributed by atoms with van der Waals surface area (Å²) >= 11 is 8.06. The van der Waals surface area contributed by atoms with Gasteiger partial charge in [-0.3, -0.25) is 4.79 Å². The van der Waals surface area contributed by atoms with Gasteiger partial charge in [0.05, 0.1) is 10.7 Å². The molecule has 128 valence electrons. The number of para-hydroxylation sites is 1. The van der Waals surface area contributed by atoms with Crippen molar-refractivity contribution in [3.63, 3.8) is 0 Å². The van der Waals surface area contributed by atoms with Gasteiger partial charge in [-0.25, -0.2) is 0 Å². The summed E-state index contributed by atoms with van der Waals surface area (Å²) in [6.07, 6.45) is 0.963. The Kier molecular flexibility index (Phi) is 4.09. The van der Waals surface area contributed by atoms with Crippen LogP contribution in [0.2, 0.25) is 5.02 Å². The summed E-state index contributed by atoms with van der Waals surface area (Å²) in [5.74, 6) is 0.466. The van der Waals surface area contributed by atoms with Gasteiger partial charge in [-0.2, -0.15) is 0 Å². The first kappa shape index (κ1) is 16.6. The zero-order chi connectivity index (χ0) is 17.7. The number of carbonyl (C=O) groups is 1. The van der Waals surface area contributed by atoms with Crippen LogP contribution in [-0.2, 0) is 0 Å². The molecule has 0 bridgehead atoms. The molecule has 0 unspecified atom stereocenters. The van der Waals surface area contributed by atoms with Crippen molar-refractivity contribution >= 4 is 44.6 Å². The zero-order valence-corrected chi connectivity index (χ0v) is 16.1. The summed E-state index contributed by atoms with van der Waals surface area (Å²) in [6.45, 7) is 6.45. The summed E-state index contributed by atoms with van der Waals surface area (Å²) in [6, 6.07) is 14.4. The van der Waals surface area contributed by atoms with Crippen molar-refractivity contribution in [1.82, 2.24) is 0 Å². The second kappa shape index (κ2) is 6.15. The molecule has 1 aromatic heterocycles. The normalized spacial score (nSPS) is 19.9. The molecule has 0 radical (unpaired) electrons. The van der Waals surface area contributed by atoms with E-state index in [4.69, 9.17) is 11.6 Å². The fourth-order valence-electron chi connectivity index (χ4n) is 3.94. The quantitative estimate of drug-likeness (QED) is 0.485. The molecule has 0 N–H and O–H groups in total. The van der Waals surface area contributed by atoms with E-state index in [-0.39, 0.29) is 11.9 Å². The number of fused-ring (bicyclic) bond motifs is 2. The lowest BCUT2D eigenvalue weighted by molar-refractivity contribution is 0.0978. The van der Waals surface area contributed by atoms with E-state index in [1.807, 2.05) is 29.2 Å². The van der Waals surface area contributed by atoms with Crippen LogP contribution in [0.4, 0.5) is 5.69 Å². The van der Waals surface area contributed by atoms with E-state index in [1.54, 1.807) is 0 Å². The number of rotatable bonds is 1. The molecule has 4 heteroatoms. The molecule has 1 amide bonds. The highest BCUT2D eigenvalue weighted by atomic mass is 35.5.